The van der Waals surface area contributed by atoms with Gasteiger partial charge < -0.3 is 10.6 Å². The minimum atomic E-state index is -0.242. The number of likely N-dealkylation sites (tertiary alicyclic amines) is 1. The van der Waals surface area contributed by atoms with Crippen molar-refractivity contribution in [3.05, 3.63) is 23.9 Å². The Kier molecular flexibility index (Phi) is 5.16. The monoisotopic (exact) mass is 338 g/mol. The molecule has 7 nitrogen and oxygen atoms in total. The van der Waals surface area contributed by atoms with Gasteiger partial charge in [-0.3, -0.25) is 9.69 Å². The summed E-state index contributed by atoms with van der Waals surface area (Å²) < 4.78 is 0. The van der Waals surface area contributed by atoms with Crippen LogP contribution in [0.4, 0.5) is 5.82 Å². The van der Waals surface area contributed by atoms with Crippen molar-refractivity contribution in [1.82, 2.24) is 15.2 Å². The quantitative estimate of drug-likeness (QED) is 0.812. The average molecular weight is 338 g/mol. The van der Waals surface area contributed by atoms with Crippen LogP contribution in [0.3, 0.4) is 0 Å². The van der Waals surface area contributed by atoms with E-state index in [1.165, 1.54) is 6.20 Å². The standard InChI is InChI=1S/C18H22N6O/c19-9-14-4-5-16(21-11-14)22-13-18(6-2-7-18)23-17(25)12-24-8-1-3-15(24)10-20/h4-5,11,15H,1-3,6-8,12-13H2,(H,21,22)(H,23,25)/t15-/m0/s1. The number of nitrogens with one attached hydrogen (secondary N) is 2. The van der Waals surface area contributed by atoms with Gasteiger partial charge in [0.25, 0.3) is 0 Å². The van der Waals surface area contributed by atoms with Crippen molar-refractivity contribution in [2.24, 2.45) is 0 Å². The van der Waals surface area contributed by atoms with Crippen LogP contribution in [-0.2, 0) is 4.79 Å². The van der Waals surface area contributed by atoms with E-state index in [0.717, 1.165) is 38.6 Å². The molecule has 1 atom stereocenters. The van der Waals surface area contributed by atoms with Gasteiger partial charge in [0.05, 0.1) is 29.8 Å². The third-order valence-electron chi connectivity index (χ3n) is 5.08. The molecule has 1 aliphatic carbocycles. The van der Waals surface area contributed by atoms with E-state index < -0.39 is 0 Å². The van der Waals surface area contributed by atoms with Crippen LogP contribution in [0.25, 0.3) is 0 Å². The number of hydrogen-bond donors (Lipinski definition) is 2. The number of anilines is 1. The summed E-state index contributed by atoms with van der Waals surface area (Å²) in [6.45, 7) is 1.71. The first kappa shape index (κ1) is 17.2. The number of nitrogens with zero attached hydrogens (tertiary/aromatic N) is 4. The average Bonchev–Trinajstić information content (AvgIpc) is 3.04. The number of carbonyl (C=O) groups excluding carboxylic acids is 1. The van der Waals surface area contributed by atoms with E-state index >= 15 is 0 Å². The fraction of sp³-hybridized carbons (Fsp3) is 0.556. The van der Waals surface area contributed by atoms with Crippen molar-refractivity contribution in [2.45, 2.75) is 43.7 Å². The summed E-state index contributed by atoms with van der Waals surface area (Å²) in [5.74, 6) is 0.681. The van der Waals surface area contributed by atoms with Crippen LogP contribution in [0, 0.1) is 22.7 Å². The highest BCUT2D eigenvalue weighted by molar-refractivity contribution is 5.79. The van der Waals surface area contributed by atoms with Gasteiger partial charge in [-0.15, -0.1) is 0 Å². The minimum absolute atomic E-state index is 0.0172. The Morgan fingerprint density at radius 1 is 1.36 bits per heavy atom. The lowest BCUT2D eigenvalue weighted by Crippen LogP contribution is -2.59. The SMILES string of the molecule is N#Cc1ccc(NCC2(NC(=O)CN3CCC[C@H]3C#N)CCC2)nc1. The molecule has 1 aromatic heterocycles. The zero-order valence-corrected chi connectivity index (χ0v) is 14.2. The maximum atomic E-state index is 12.4. The highest BCUT2D eigenvalue weighted by Gasteiger charge is 2.39. The maximum absolute atomic E-state index is 12.4. The smallest absolute Gasteiger partial charge is 0.234 e. The Balaban J connectivity index is 1.53. The molecular formula is C18H22N6O. The van der Waals surface area contributed by atoms with Gasteiger partial charge in [0.1, 0.15) is 11.9 Å². The largest absolute Gasteiger partial charge is 0.368 e. The molecule has 1 saturated heterocycles. The summed E-state index contributed by atoms with van der Waals surface area (Å²) in [4.78, 5) is 18.6. The zero-order chi connectivity index (χ0) is 17.7. The van der Waals surface area contributed by atoms with Gasteiger partial charge in [0, 0.05) is 19.3 Å². The van der Waals surface area contributed by atoms with Gasteiger partial charge in [0.2, 0.25) is 5.91 Å². The Morgan fingerprint density at radius 2 is 2.20 bits per heavy atom. The Labute approximate surface area is 147 Å². The third kappa shape index (κ3) is 4.07. The highest BCUT2D eigenvalue weighted by atomic mass is 16.2. The molecule has 1 aliphatic heterocycles. The Hall–Kier alpha value is -2.64. The second-order valence-corrected chi connectivity index (χ2v) is 6.84. The van der Waals surface area contributed by atoms with Crippen molar-refractivity contribution in [2.75, 3.05) is 25.0 Å². The number of nitriles is 2. The molecule has 2 aliphatic rings. The van der Waals surface area contributed by atoms with Crippen molar-refractivity contribution in [1.29, 1.82) is 10.5 Å². The van der Waals surface area contributed by atoms with Gasteiger partial charge in [-0.1, -0.05) is 0 Å². The summed E-state index contributed by atoms with van der Waals surface area (Å²) in [5.41, 5.74) is 0.281. The van der Waals surface area contributed by atoms with E-state index in [-0.39, 0.29) is 24.0 Å². The second kappa shape index (κ2) is 7.50. The number of rotatable bonds is 6. The molecule has 0 aromatic carbocycles. The second-order valence-electron chi connectivity index (χ2n) is 6.84. The third-order valence-corrected chi connectivity index (χ3v) is 5.08. The van der Waals surface area contributed by atoms with Gasteiger partial charge >= 0.3 is 0 Å². The lowest BCUT2D eigenvalue weighted by Gasteiger charge is -2.43. The van der Waals surface area contributed by atoms with Crippen LogP contribution in [0.5, 0.6) is 0 Å². The van der Waals surface area contributed by atoms with E-state index in [2.05, 4.69) is 21.7 Å². The van der Waals surface area contributed by atoms with E-state index in [1.807, 2.05) is 11.0 Å². The topological polar surface area (TPSA) is 105 Å². The Morgan fingerprint density at radius 3 is 2.80 bits per heavy atom. The molecule has 3 rings (SSSR count). The van der Waals surface area contributed by atoms with E-state index in [9.17, 15) is 4.79 Å². The Bertz CT molecular complexity index is 698. The summed E-state index contributed by atoms with van der Waals surface area (Å²) in [5, 5.41) is 24.4. The van der Waals surface area contributed by atoms with Gasteiger partial charge in [0.15, 0.2) is 0 Å². The van der Waals surface area contributed by atoms with Crippen LogP contribution >= 0.6 is 0 Å². The van der Waals surface area contributed by atoms with Crippen LogP contribution in [0.15, 0.2) is 18.3 Å². The predicted molar refractivity (Wildman–Crippen MR) is 92.4 cm³/mol. The molecular weight excluding hydrogens is 316 g/mol. The molecule has 1 amide bonds. The zero-order valence-electron chi connectivity index (χ0n) is 14.2. The van der Waals surface area contributed by atoms with Crippen molar-refractivity contribution in [3.8, 4) is 12.1 Å². The fourth-order valence-corrected chi connectivity index (χ4v) is 3.46. The molecule has 1 saturated carbocycles. The lowest BCUT2D eigenvalue weighted by atomic mass is 9.76. The lowest BCUT2D eigenvalue weighted by molar-refractivity contribution is -0.125. The molecule has 2 heterocycles. The summed E-state index contributed by atoms with van der Waals surface area (Å²) in [7, 11) is 0. The minimum Gasteiger partial charge on any atom is -0.368 e. The van der Waals surface area contributed by atoms with E-state index in [0.29, 0.717) is 17.9 Å². The number of aromatic nitrogens is 1. The highest BCUT2D eigenvalue weighted by Crippen LogP contribution is 2.32. The summed E-state index contributed by atoms with van der Waals surface area (Å²) in [6, 6.07) is 7.67. The molecule has 0 spiro atoms. The summed E-state index contributed by atoms with van der Waals surface area (Å²) >= 11 is 0. The normalized spacial score (nSPS) is 21.6. The molecule has 0 bridgehead atoms. The number of hydrogen-bond acceptors (Lipinski definition) is 6. The maximum Gasteiger partial charge on any atom is 0.234 e. The molecule has 0 unspecified atom stereocenters. The first-order valence-electron chi connectivity index (χ1n) is 8.69. The van der Waals surface area contributed by atoms with Crippen LogP contribution < -0.4 is 10.6 Å². The fourth-order valence-electron chi connectivity index (χ4n) is 3.46. The van der Waals surface area contributed by atoms with Gasteiger partial charge in [-0.05, 0) is 44.2 Å². The predicted octanol–water partition coefficient (Wildman–Crippen LogP) is 1.39. The van der Waals surface area contributed by atoms with Gasteiger partial charge in [-0.2, -0.15) is 10.5 Å². The van der Waals surface area contributed by atoms with Crippen molar-refractivity contribution in [3.63, 3.8) is 0 Å². The molecule has 130 valence electrons. The van der Waals surface area contributed by atoms with Crippen molar-refractivity contribution >= 4 is 11.7 Å². The number of amides is 1. The number of pyridine rings is 1. The van der Waals surface area contributed by atoms with Crippen LogP contribution in [-0.4, -0.2) is 47.0 Å². The number of carbonyl (C=O) groups is 1. The first-order chi connectivity index (χ1) is 12.1. The molecule has 2 fully saturated rings. The van der Waals surface area contributed by atoms with E-state index in [1.54, 1.807) is 12.1 Å². The first-order valence-corrected chi connectivity index (χ1v) is 8.69. The molecule has 1 aromatic rings. The van der Waals surface area contributed by atoms with E-state index in [4.69, 9.17) is 10.5 Å². The van der Waals surface area contributed by atoms with Crippen LogP contribution in [0.2, 0.25) is 0 Å². The van der Waals surface area contributed by atoms with Crippen LogP contribution in [0.1, 0.15) is 37.7 Å². The molecule has 7 heteroatoms. The summed E-state index contributed by atoms with van der Waals surface area (Å²) in [6.07, 6.45) is 6.31. The molecule has 25 heavy (non-hydrogen) atoms. The molecule has 0 radical (unpaired) electrons. The van der Waals surface area contributed by atoms with Gasteiger partial charge in [-0.25, -0.2) is 4.98 Å². The van der Waals surface area contributed by atoms with Crippen molar-refractivity contribution < 1.29 is 4.79 Å². The molecule has 2 N–H and O–H groups in total.